The van der Waals surface area contributed by atoms with Crippen LogP contribution < -0.4 is 15.4 Å². The maximum Gasteiger partial charge on any atom is 0.471 e. The first-order valence-electron chi connectivity index (χ1n) is 7.37. The van der Waals surface area contributed by atoms with Crippen LogP contribution in [0, 0.1) is 0 Å². The quantitative estimate of drug-likeness (QED) is 0.807. The largest absolute Gasteiger partial charge is 0.481 e. The van der Waals surface area contributed by atoms with Gasteiger partial charge in [0, 0.05) is 5.02 Å². The molecule has 138 valence electrons. The summed E-state index contributed by atoms with van der Waals surface area (Å²) in [5.41, 5.74) is -0.163. The van der Waals surface area contributed by atoms with Gasteiger partial charge in [-0.1, -0.05) is 23.7 Å². The molecule has 0 fully saturated rings. The monoisotopic (exact) mass is 386 g/mol. The number of hydrogen-bond acceptors (Lipinski definition) is 3. The summed E-state index contributed by atoms with van der Waals surface area (Å²) in [6.07, 6.45) is -5.98. The minimum absolute atomic E-state index is 0.0154. The number of carbonyl (C=O) groups is 2. The van der Waals surface area contributed by atoms with Gasteiger partial charge in [-0.15, -0.1) is 0 Å². The third-order valence-electron chi connectivity index (χ3n) is 3.19. The summed E-state index contributed by atoms with van der Waals surface area (Å²) >= 11 is 5.76. The summed E-state index contributed by atoms with van der Waals surface area (Å²) in [5, 5.41) is 4.65. The first kappa shape index (κ1) is 19.6. The second-order valence-corrected chi connectivity index (χ2v) is 5.64. The zero-order valence-corrected chi connectivity index (χ0v) is 14.2. The number of ether oxygens (including phenoxy) is 1. The van der Waals surface area contributed by atoms with E-state index >= 15 is 0 Å². The number of nitrogens with one attached hydrogen (secondary N) is 2. The van der Waals surface area contributed by atoms with Gasteiger partial charge in [-0.2, -0.15) is 13.2 Å². The van der Waals surface area contributed by atoms with Crippen LogP contribution in [-0.4, -0.2) is 24.1 Å². The van der Waals surface area contributed by atoms with Crippen molar-refractivity contribution in [1.29, 1.82) is 0 Å². The number of alkyl halides is 3. The Hall–Kier alpha value is -2.74. The molecule has 0 aliphatic rings. The zero-order chi connectivity index (χ0) is 19.3. The second-order valence-electron chi connectivity index (χ2n) is 5.20. The number of hydrogen-bond donors (Lipinski definition) is 2. The second kappa shape index (κ2) is 8.09. The van der Waals surface area contributed by atoms with Crippen LogP contribution in [0.25, 0.3) is 0 Å². The van der Waals surface area contributed by atoms with E-state index in [1.165, 1.54) is 31.2 Å². The van der Waals surface area contributed by atoms with Crippen LogP contribution >= 0.6 is 11.6 Å². The third-order valence-corrected chi connectivity index (χ3v) is 3.44. The maximum absolute atomic E-state index is 12.4. The predicted octanol–water partition coefficient (Wildman–Crippen LogP) is 4.25. The summed E-state index contributed by atoms with van der Waals surface area (Å²) in [7, 11) is 0. The van der Waals surface area contributed by atoms with Gasteiger partial charge in [0.25, 0.3) is 5.91 Å². The van der Waals surface area contributed by atoms with E-state index in [2.05, 4.69) is 5.32 Å². The fourth-order valence-corrected chi connectivity index (χ4v) is 2.03. The van der Waals surface area contributed by atoms with Crippen molar-refractivity contribution in [2.75, 3.05) is 10.6 Å². The molecular formula is C17H14ClF3N2O3. The van der Waals surface area contributed by atoms with Crippen LogP contribution in [0.5, 0.6) is 5.75 Å². The number of halogens is 4. The minimum atomic E-state index is -5.04. The molecule has 0 bridgehead atoms. The average Bonchev–Trinajstić information content (AvgIpc) is 2.57. The maximum atomic E-state index is 12.4. The Morgan fingerprint density at radius 3 is 2.08 bits per heavy atom. The number of anilines is 2. The Bertz CT molecular complexity index is 795. The number of rotatable bonds is 5. The Morgan fingerprint density at radius 2 is 1.54 bits per heavy atom. The minimum Gasteiger partial charge on any atom is -0.481 e. The van der Waals surface area contributed by atoms with E-state index in [4.69, 9.17) is 16.3 Å². The van der Waals surface area contributed by atoms with Crippen molar-refractivity contribution in [3.63, 3.8) is 0 Å². The summed E-state index contributed by atoms with van der Waals surface area (Å²) in [4.78, 5) is 23.3. The van der Waals surface area contributed by atoms with E-state index in [1.54, 1.807) is 29.6 Å². The van der Waals surface area contributed by atoms with Crippen LogP contribution in [0.2, 0.25) is 5.02 Å². The molecule has 2 rings (SSSR count). The molecule has 2 amide bonds. The highest BCUT2D eigenvalue weighted by Gasteiger charge is 2.39. The Labute approximate surface area is 152 Å². The molecule has 0 aliphatic carbocycles. The lowest BCUT2D eigenvalue weighted by Gasteiger charge is -2.17. The van der Waals surface area contributed by atoms with E-state index in [-0.39, 0.29) is 11.4 Å². The summed E-state index contributed by atoms with van der Waals surface area (Å²) in [6, 6.07) is 11.8. The highest BCUT2D eigenvalue weighted by atomic mass is 35.5. The van der Waals surface area contributed by atoms with E-state index in [9.17, 15) is 22.8 Å². The van der Waals surface area contributed by atoms with Crippen LogP contribution in [-0.2, 0) is 9.59 Å². The molecule has 0 aromatic heterocycles. The van der Waals surface area contributed by atoms with Gasteiger partial charge in [0.05, 0.1) is 11.4 Å². The fourth-order valence-electron chi connectivity index (χ4n) is 1.90. The molecule has 5 nitrogen and oxygen atoms in total. The lowest BCUT2D eigenvalue weighted by atomic mass is 10.2. The predicted molar refractivity (Wildman–Crippen MR) is 91.3 cm³/mol. The van der Waals surface area contributed by atoms with Gasteiger partial charge < -0.3 is 15.4 Å². The van der Waals surface area contributed by atoms with Gasteiger partial charge >= 0.3 is 12.1 Å². The van der Waals surface area contributed by atoms with Crippen molar-refractivity contribution < 1.29 is 27.5 Å². The molecule has 1 unspecified atom stereocenters. The van der Waals surface area contributed by atoms with E-state index in [1.807, 2.05) is 0 Å². The van der Waals surface area contributed by atoms with Gasteiger partial charge in [-0.05, 0) is 43.3 Å². The molecule has 2 aromatic carbocycles. The van der Waals surface area contributed by atoms with Gasteiger partial charge in [0.15, 0.2) is 6.10 Å². The van der Waals surface area contributed by atoms with Crippen LogP contribution in [0.3, 0.4) is 0 Å². The van der Waals surface area contributed by atoms with E-state index in [0.717, 1.165) is 0 Å². The van der Waals surface area contributed by atoms with Crippen LogP contribution in [0.4, 0.5) is 24.5 Å². The fraction of sp³-hybridized carbons (Fsp3) is 0.176. The molecule has 9 heteroatoms. The molecule has 0 radical (unpaired) electrons. The lowest BCUT2D eigenvalue weighted by molar-refractivity contribution is -0.167. The Balaban J connectivity index is 2.06. The van der Waals surface area contributed by atoms with E-state index in [0.29, 0.717) is 10.8 Å². The molecule has 0 saturated carbocycles. The average molecular weight is 387 g/mol. The van der Waals surface area contributed by atoms with Crippen molar-refractivity contribution >= 4 is 34.8 Å². The molecule has 2 aromatic rings. The first-order valence-corrected chi connectivity index (χ1v) is 7.75. The molecule has 26 heavy (non-hydrogen) atoms. The normalized spacial score (nSPS) is 12.2. The SMILES string of the molecule is CC(Oc1ccc(Cl)cc1)C(=O)Nc1ccccc1NC(=O)C(F)(F)F. The number of para-hydroxylation sites is 2. The standard InChI is InChI=1S/C17H14ClF3N2O3/c1-10(26-12-8-6-11(18)7-9-12)15(24)22-13-4-2-3-5-14(13)23-16(25)17(19,20)21/h2-10H,1H3,(H,22,24)(H,23,25). The Morgan fingerprint density at radius 1 is 1.00 bits per heavy atom. The van der Waals surface area contributed by atoms with Gasteiger partial charge in [-0.25, -0.2) is 0 Å². The third kappa shape index (κ3) is 5.38. The van der Waals surface area contributed by atoms with Crippen molar-refractivity contribution in [1.82, 2.24) is 0 Å². The smallest absolute Gasteiger partial charge is 0.471 e. The molecule has 0 heterocycles. The Kier molecular flexibility index (Phi) is 6.10. The van der Waals surface area contributed by atoms with Crippen molar-refractivity contribution in [2.45, 2.75) is 19.2 Å². The van der Waals surface area contributed by atoms with Crippen molar-refractivity contribution in [2.24, 2.45) is 0 Å². The number of carbonyl (C=O) groups excluding carboxylic acids is 2. The van der Waals surface area contributed by atoms with Gasteiger partial charge in [-0.3, -0.25) is 9.59 Å². The summed E-state index contributed by atoms with van der Waals surface area (Å²) < 4.78 is 42.6. The summed E-state index contributed by atoms with van der Waals surface area (Å²) in [6.45, 7) is 1.47. The highest BCUT2D eigenvalue weighted by Crippen LogP contribution is 2.25. The lowest BCUT2D eigenvalue weighted by Crippen LogP contribution is -2.32. The number of benzene rings is 2. The molecule has 2 N–H and O–H groups in total. The topological polar surface area (TPSA) is 67.4 Å². The number of amides is 2. The van der Waals surface area contributed by atoms with Crippen LogP contribution in [0.1, 0.15) is 6.92 Å². The zero-order valence-electron chi connectivity index (χ0n) is 13.4. The summed E-state index contributed by atoms with van der Waals surface area (Å²) in [5.74, 6) is -2.34. The van der Waals surface area contributed by atoms with Crippen LogP contribution in [0.15, 0.2) is 48.5 Å². The van der Waals surface area contributed by atoms with Gasteiger partial charge in [0.2, 0.25) is 0 Å². The molecular weight excluding hydrogens is 373 g/mol. The molecule has 0 saturated heterocycles. The van der Waals surface area contributed by atoms with Gasteiger partial charge in [0.1, 0.15) is 5.75 Å². The van der Waals surface area contributed by atoms with Crippen molar-refractivity contribution in [3.05, 3.63) is 53.6 Å². The molecule has 0 aliphatic heterocycles. The van der Waals surface area contributed by atoms with E-state index < -0.39 is 24.1 Å². The van der Waals surface area contributed by atoms with Crippen molar-refractivity contribution in [3.8, 4) is 5.75 Å². The highest BCUT2D eigenvalue weighted by molar-refractivity contribution is 6.30. The molecule has 0 spiro atoms. The molecule has 1 atom stereocenters. The first-order chi connectivity index (χ1) is 12.2.